The van der Waals surface area contributed by atoms with E-state index in [1.54, 1.807) is 31.2 Å². The molecule has 0 aromatic heterocycles. The van der Waals surface area contributed by atoms with Crippen molar-refractivity contribution in [1.82, 2.24) is 0 Å². The van der Waals surface area contributed by atoms with Gasteiger partial charge in [0.25, 0.3) is 0 Å². The van der Waals surface area contributed by atoms with Crippen LogP contribution < -0.4 is 5.73 Å². The smallest absolute Gasteiger partial charge is 0.339 e. The van der Waals surface area contributed by atoms with Gasteiger partial charge in [0.15, 0.2) is 11.9 Å². The molecular weight excluding hydrogens is 471 g/mol. The van der Waals surface area contributed by atoms with E-state index in [0.717, 1.165) is 41.8 Å². The lowest BCUT2D eigenvalue weighted by Crippen LogP contribution is -2.16. The lowest BCUT2D eigenvalue weighted by Gasteiger charge is -2.15. The van der Waals surface area contributed by atoms with Crippen LogP contribution in [0.1, 0.15) is 81.0 Å². The summed E-state index contributed by atoms with van der Waals surface area (Å²) in [7, 11) is 0. The van der Waals surface area contributed by atoms with Crippen LogP contribution in [0.3, 0.4) is 0 Å². The summed E-state index contributed by atoms with van der Waals surface area (Å²) in [5.74, 6) is -0.458. The minimum absolute atomic E-state index is 0.0583. The molecule has 0 aliphatic carbocycles. The number of hydrogen-bond acceptors (Lipinski definition) is 5. The van der Waals surface area contributed by atoms with Crippen molar-refractivity contribution in [2.45, 2.75) is 66.4 Å². The number of esters is 1. The lowest BCUT2D eigenvalue weighted by molar-refractivity contribution is -0.116. The van der Waals surface area contributed by atoms with E-state index in [0.29, 0.717) is 33.3 Å². The third-order valence-corrected chi connectivity index (χ3v) is 6.29. The Bertz CT molecular complexity index is 1120. The molecule has 34 heavy (non-hydrogen) atoms. The quantitative estimate of drug-likeness (QED) is 0.239. The second kappa shape index (κ2) is 12.7. The van der Waals surface area contributed by atoms with Gasteiger partial charge < -0.3 is 10.5 Å². The molecule has 0 saturated heterocycles. The number of nitrogens with two attached hydrogens (primary N) is 1. The van der Waals surface area contributed by atoms with Crippen LogP contribution in [0.2, 0.25) is 10.0 Å². The summed E-state index contributed by atoms with van der Waals surface area (Å²) < 4.78 is 5.33. The summed E-state index contributed by atoms with van der Waals surface area (Å²) in [6.07, 6.45) is 2.60. The molecule has 0 bridgehead atoms. The largest absolute Gasteiger partial charge is 0.449 e. The predicted octanol–water partition coefficient (Wildman–Crippen LogP) is 7.69. The maximum absolute atomic E-state index is 12.2. The Morgan fingerprint density at radius 3 is 2.32 bits per heavy atom. The number of cyclic esters (lactones) is 1. The summed E-state index contributed by atoms with van der Waals surface area (Å²) in [4.78, 5) is 28.5. The molecule has 182 valence electrons. The second-order valence-electron chi connectivity index (χ2n) is 8.25. The van der Waals surface area contributed by atoms with Crippen molar-refractivity contribution < 1.29 is 14.3 Å². The number of Topliss-reactive ketones (excluding diaryl/α,β-unsaturated/α-hetero) is 1. The highest BCUT2D eigenvalue weighted by molar-refractivity contribution is 6.42. The number of aliphatic imine (C=N–C) groups is 1. The molecule has 2 N–H and O–H groups in total. The molecule has 0 amide bonds. The number of benzene rings is 2. The molecule has 1 atom stereocenters. The number of halogens is 2. The summed E-state index contributed by atoms with van der Waals surface area (Å²) >= 11 is 11.9. The summed E-state index contributed by atoms with van der Waals surface area (Å²) in [6.45, 7) is 9.70. The third-order valence-electron chi connectivity index (χ3n) is 5.39. The molecule has 7 heteroatoms. The van der Waals surface area contributed by atoms with Crippen molar-refractivity contribution in [3.8, 4) is 0 Å². The number of hydrogen-bond donors (Lipinski definition) is 1. The second-order valence-corrected chi connectivity index (χ2v) is 9.03. The van der Waals surface area contributed by atoms with Gasteiger partial charge in [-0.2, -0.15) is 0 Å². The molecule has 0 saturated carbocycles. The Kier molecular flexibility index (Phi) is 10.3. The van der Waals surface area contributed by atoms with Crippen LogP contribution in [-0.4, -0.2) is 17.5 Å². The monoisotopic (exact) mass is 502 g/mol. The average Bonchev–Trinajstić information content (AvgIpc) is 3.11. The molecule has 0 spiro atoms. The average molecular weight is 503 g/mol. The number of carbonyl (C=O) groups is 2. The van der Waals surface area contributed by atoms with Gasteiger partial charge in [0.1, 0.15) is 0 Å². The third kappa shape index (κ3) is 6.71. The zero-order valence-corrected chi connectivity index (χ0v) is 21.9. The number of allylic oxidation sites excluding steroid dienone is 1. The first-order valence-electron chi connectivity index (χ1n) is 11.4. The van der Waals surface area contributed by atoms with Crippen molar-refractivity contribution in [1.29, 1.82) is 0 Å². The van der Waals surface area contributed by atoms with Crippen LogP contribution in [0.15, 0.2) is 52.7 Å². The first kappa shape index (κ1) is 27.6. The minimum atomic E-state index is -0.659. The molecule has 3 rings (SSSR count). The molecule has 2 aromatic rings. The fourth-order valence-corrected chi connectivity index (χ4v) is 4.05. The van der Waals surface area contributed by atoms with Crippen LogP contribution in [0.25, 0.3) is 0 Å². The fourth-order valence-electron chi connectivity index (χ4n) is 3.68. The van der Waals surface area contributed by atoms with E-state index < -0.39 is 12.1 Å². The van der Waals surface area contributed by atoms with Gasteiger partial charge in [-0.05, 0) is 57.4 Å². The number of carbonyl (C=O) groups excluding carboxylic acids is 2. The van der Waals surface area contributed by atoms with Crippen molar-refractivity contribution in [2.24, 2.45) is 10.7 Å². The van der Waals surface area contributed by atoms with E-state index in [2.05, 4.69) is 11.9 Å². The molecule has 1 aliphatic heterocycles. The molecule has 0 fully saturated rings. The van der Waals surface area contributed by atoms with Gasteiger partial charge in [-0.25, -0.2) is 4.79 Å². The SMILES string of the molecule is CCCC(=O)/C(=C(/C)N)C1OC(=O)c2ccccc21.CCCC(C)=Nc1ccc(Cl)c(Cl)c1C. The lowest BCUT2D eigenvalue weighted by atomic mass is 9.93. The zero-order chi connectivity index (χ0) is 25.4. The first-order valence-corrected chi connectivity index (χ1v) is 12.2. The molecule has 1 unspecified atom stereocenters. The summed E-state index contributed by atoms with van der Waals surface area (Å²) in [6, 6.07) is 10.8. The summed E-state index contributed by atoms with van der Waals surface area (Å²) in [5.41, 5.74) is 10.8. The molecule has 1 aliphatic rings. The fraction of sp³-hybridized carbons (Fsp3) is 0.370. The first-order chi connectivity index (χ1) is 16.1. The number of ketones is 1. The van der Waals surface area contributed by atoms with E-state index in [1.807, 2.05) is 32.9 Å². The Balaban J connectivity index is 0.000000248. The number of nitrogens with zero attached hydrogens (tertiary/aromatic N) is 1. The molecule has 2 aromatic carbocycles. The Morgan fingerprint density at radius 2 is 1.71 bits per heavy atom. The van der Waals surface area contributed by atoms with Crippen molar-refractivity contribution >= 4 is 46.4 Å². The molecule has 1 heterocycles. The predicted molar refractivity (Wildman–Crippen MR) is 140 cm³/mol. The standard InChI is InChI=1S/C15H17NO3.C12H15Cl2N/c1-3-6-12(17)13(9(2)16)14-10-7-4-5-8-11(10)15(18)19-14;1-4-5-8(2)15-11-7-6-10(13)12(14)9(11)3/h4-5,7-8,14H,3,6,16H2,1-2H3;6-7H,4-5H2,1-3H3/b13-9+;. The van der Waals surface area contributed by atoms with Gasteiger partial charge in [-0.15, -0.1) is 0 Å². The van der Waals surface area contributed by atoms with Crippen molar-refractivity contribution in [3.05, 3.63) is 74.4 Å². The van der Waals surface area contributed by atoms with Gasteiger partial charge >= 0.3 is 5.97 Å². The van der Waals surface area contributed by atoms with Gasteiger partial charge in [-0.3, -0.25) is 9.79 Å². The van der Waals surface area contributed by atoms with E-state index in [1.165, 1.54) is 0 Å². The van der Waals surface area contributed by atoms with Crippen LogP contribution in [0, 0.1) is 6.92 Å². The van der Waals surface area contributed by atoms with E-state index >= 15 is 0 Å². The highest BCUT2D eigenvalue weighted by Gasteiger charge is 2.36. The number of fused-ring (bicyclic) bond motifs is 1. The molecule has 0 radical (unpaired) electrons. The normalized spacial score (nSPS) is 15.7. The highest BCUT2D eigenvalue weighted by Crippen LogP contribution is 2.37. The van der Waals surface area contributed by atoms with Gasteiger partial charge in [0, 0.05) is 23.4 Å². The zero-order valence-electron chi connectivity index (χ0n) is 20.4. The van der Waals surface area contributed by atoms with Crippen LogP contribution in [-0.2, 0) is 9.53 Å². The topological polar surface area (TPSA) is 81.8 Å². The Morgan fingerprint density at radius 1 is 1.06 bits per heavy atom. The summed E-state index contributed by atoms with van der Waals surface area (Å²) in [5, 5.41) is 1.18. The maximum Gasteiger partial charge on any atom is 0.339 e. The van der Waals surface area contributed by atoms with Crippen molar-refractivity contribution in [3.63, 3.8) is 0 Å². The van der Waals surface area contributed by atoms with Crippen molar-refractivity contribution in [2.75, 3.05) is 0 Å². The maximum atomic E-state index is 12.2. The van der Waals surface area contributed by atoms with Crippen LogP contribution >= 0.6 is 23.2 Å². The van der Waals surface area contributed by atoms with Gasteiger partial charge in [0.05, 0.1) is 26.9 Å². The Labute approximate surface area is 212 Å². The highest BCUT2D eigenvalue weighted by atomic mass is 35.5. The Hall–Kier alpha value is -2.63. The molecular formula is C27H32Cl2N2O3. The van der Waals surface area contributed by atoms with E-state index in [4.69, 9.17) is 33.7 Å². The minimum Gasteiger partial charge on any atom is -0.449 e. The van der Waals surface area contributed by atoms with E-state index in [9.17, 15) is 9.59 Å². The van der Waals surface area contributed by atoms with Gasteiger partial charge in [0.2, 0.25) is 0 Å². The number of ether oxygens (including phenoxy) is 1. The van der Waals surface area contributed by atoms with Gasteiger partial charge in [-0.1, -0.05) is 61.7 Å². The molecule has 5 nitrogen and oxygen atoms in total. The van der Waals surface area contributed by atoms with Crippen LogP contribution in [0.4, 0.5) is 5.69 Å². The van der Waals surface area contributed by atoms with Crippen LogP contribution in [0.5, 0.6) is 0 Å². The van der Waals surface area contributed by atoms with E-state index in [-0.39, 0.29) is 5.78 Å². The number of rotatable bonds is 7.